The van der Waals surface area contributed by atoms with Gasteiger partial charge < -0.3 is 5.32 Å². The SMILES string of the molecule is CCC(c1ccc(F)cc1F)S(=O)CCNC(=O)C1CCCC1. The second kappa shape index (κ2) is 8.52. The molecule has 0 saturated heterocycles. The number of halogens is 2. The molecule has 0 spiro atoms. The normalized spacial score (nSPS) is 17.9. The first-order valence-corrected chi connectivity index (χ1v) is 9.51. The van der Waals surface area contributed by atoms with Crippen molar-refractivity contribution < 1.29 is 17.8 Å². The van der Waals surface area contributed by atoms with E-state index in [4.69, 9.17) is 0 Å². The maximum atomic E-state index is 13.9. The number of amides is 1. The van der Waals surface area contributed by atoms with Crippen molar-refractivity contribution in [3.63, 3.8) is 0 Å². The van der Waals surface area contributed by atoms with Crippen LogP contribution in [0.3, 0.4) is 0 Å². The Morgan fingerprint density at radius 3 is 2.65 bits per heavy atom. The van der Waals surface area contributed by atoms with Gasteiger partial charge in [0.25, 0.3) is 0 Å². The van der Waals surface area contributed by atoms with Crippen LogP contribution < -0.4 is 5.32 Å². The van der Waals surface area contributed by atoms with Crippen molar-refractivity contribution in [1.82, 2.24) is 5.32 Å². The highest BCUT2D eigenvalue weighted by Crippen LogP contribution is 2.27. The van der Waals surface area contributed by atoms with E-state index in [-0.39, 0.29) is 23.1 Å². The summed E-state index contributed by atoms with van der Waals surface area (Å²) in [5.41, 5.74) is 0.273. The number of carbonyl (C=O) groups excluding carboxylic acids is 1. The van der Waals surface area contributed by atoms with Gasteiger partial charge in [-0.05, 0) is 25.3 Å². The van der Waals surface area contributed by atoms with Gasteiger partial charge in [-0.2, -0.15) is 0 Å². The third-order valence-electron chi connectivity index (χ3n) is 4.33. The molecule has 6 heteroatoms. The smallest absolute Gasteiger partial charge is 0.223 e. The van der Waals surface area contributed by atoms with E-state index in [9.17, 15) is 17.8 Å². The van der Waals surface area contributed by atoms with E-state index in [1.54, 1.807) is 0 Å². The van der Waals surface area contributed by atoms with Gasteiger partial charge in [-0.3, -0.25) is 9.00 Å². The molecule has 2 rings (SSSR count). The molecular formula is C17H23F2NO2S. The number of benzene rings is 1. The highest BCUT2D eigenvalue weighted by atomic mass is 32.2. The zero-order chi connectivity index (χ0) is 16.8. The standard InChI is InChI=1S/C17H23F2NO2S/c1-2-16(14-8-7-13(18)11-15(14)19)23(22)10-9-20-17(21)12-5-3-4-6-12/h7-8,11-12,16H,2-6,9-10H2,1H3,(H,20,21). The molecule has 0 bridgehead atoms. The molecule has 1 saturated carbocycles. The molecule has 1 aliphatic rings. The van der Waals surface area contributed by atoms with Crippen molar-refractivity contribution in [2.45, 2.75) is 44.3 Å². The first-order chi connectivity index (χ1) is 11.0. The van der Waals surface area contributed by atoms with Crippen LogP contribution in [0.5, 0.6) is 0 Å². The van der Waals surface area contributed by atoms with E-state index in [1.807, 2.05) is 6.92 Å². The largest absolute Gasteiger partial charge is 0.355 e. The van der Waals surface area contributed by atoms with Crippen LogP contribution in [-0.4, -0.2) is 22.4 Å². The van der Waals surface area contributed by atoms with Crippen molar-refractivity contribution >= 4 is 16.7 Å². The van der Waals surface area contributed by atoms with Crippen molar-refractivity contribution in [1.29, 1.82) is 0 Å². The molecule has 2 unspecified atom stereocenters. The molecule has 2 atom stereocenters. The summed E-state index contributed by atoms with van der Waals surface area (Å²) < 4.78 is 39.3. The van der Waals surface area contributed by atoms with Crippen LogP contribution in [0.2, 0.25) is 0 Å². The molecule has 1 amide bonds. The lowest BCUT2D eigenvalue weighted by atomic mass is 10.1. The summed E-state index contributed by atoms with van der Waals surface area (Å²) in [7, 11) is -1.32. The van der Waals surface area contributed by atoms with E-state index >= 15 is 0 Å². The van der Waals surface area contributed by atoms with Gasteiger partial charge in [-0.25, -0.2) is 8.78 Å². The van der Waals surface area contributed by atoms with Crippen LogP contribution in [0.15, 0.2) is 18.2 Å². The van der Waals surface area contributed by atoms with Crippen molar-refractivity contribution in [3.8, 4) is 0 Å². The summed E-state index contributed by atoms with van der Waals surface area (Å²) in [5.74, 6) is -0.926. The van der Waals surface area contributed by atoms with Gasteiger partial charge in [-0.15, -0.1) is 0 Å². The Morgan fingerprint density at radius 1 is 1.35 bits per heavy atom. The molecule has 0 radical (unpaired) electrons. The minimum Gasteiger partial charge on any atom is -0.355 e. The summed E-state index contributed by atoms with van der Waals surface area (Å²) in [6.07, 6.45) is 4.52. The molecule has 1 aliphatic carbocycles. The molecule has 0 aliphatic heterocycles. The fourth-order valence-corrected chi connectivity index (χ4v) is 4.49. The molecule has 23 heavy (non-hydrogen) atoms. The molecule has 0 heterocycles. The topological polar surface area (TPSA) is 46.2 Å². The molecule has 128 valence electrons. The molecule has 1 aromatic carbocycles. The Hall–Kier alpha value is -1.30. The lowest BCUT2D eigenvalue weighted by molar-refractivity contribution is -0.124. The van der Waals surface area contributed by atoms with Gasteiger partial charge in [0.15, 0.2) is 0 Å². The predicted molar refractivity (Wildman–Crippen MR) is 87.4 cm³/mol. The molecule has 1 N–H and O–H groups in total. The van der Waals surface area contributed by atoms with E-state index in [1.165, 1.54) is 12.1 Å². The number of carbonyl (C=O) groups is 1. The van der Waals surface area contributed by atoms with Crippen molar-refractivity contribution in [2.24, 2.45) is 5.92 Å². The first-order valence-electron chi connectivity index (χ1n) is 8.12. The Bertz CT molecular complexity index is 574. The summed E-state index contributed by atoms with van der Waals surface area (Å²) in [5, 5.41) is 2.34. The van der Waals surface area contributed by atoms with Crippen LogP contribution in [0.1, 0.15) is 49.8 Å². The monoisotopic (exact) mass is 343 g/mol. The molecular weight excluding hydrogens is 320 g/mol. The van der Waals surface area contributed by atoms with Gasteiger partial charge in [0.1, 0.15) is 11.6 Å². The third-order valence-corrected chi connectivity index (χ3v) is 6.15. The minimum atomic E-state index is -1.32. The number of nitrogens with one attached hydrogen (secondary N) is 1. The van der Waals surface area contributed by atoms with Crippen molar-refractivity contribution in [3.05, 3.63) is 35.4 Å². The summed E-state index contributed by atoms with van der Waals surface area (Å²) >= 11 is 0. The predicted octanol–water partition coefficient (Wildman–Crippen LogP) is 3.47. The fourth-order valence-electron chi connectivity index (χ4n) is 3.06. The van der Waals surface area contributed by atoms with Crippen molar-refractivity contribution in [2.75, 3.05) is 12.3 Å². The molecule has 3 nitrogen and oxygen atoms in total. The van der Waals surface area contributed by atoms with Gasteiger partial charge in [0.05, 0.1) is 5.25 Å². The van der Waals surface area contributed by atoms with Crippen LogP contribution in [0, 0.1) is 17.6 Å². The Labute approximate surface area is 138 Å². The minimum absolute atomic E-state index is 0.0283. The van der Waals surface area contributed by atoms with E-state index in [2.05, 4.69) is 5.32 Å². The fraction of sp³-hybridized carbons (Fsp3) is 0.588. The second-order valence-electron chi connectivity index (χ2n) is 5.92. The van der Waals surface area contributed by atoms with Crippen LogP contribution in [0.25, 0.3) is 0 Å². The van der Waals surface area contributed by atoms with Gasteiger partial charge >= 0.3 is 0 Å². The maximum absolute atomic E-state index is 13.9. The molecule has 1 aromatic rings. The van der Waals surface area contributed by atoms with Gasteiger partial charge in [-0.1, -0.05) is 25.8 Å². The number of rotatable bonds is 7. The first kappa shape index (κ1) is 18.0. The quantitative estimate of drug-likeness (QED) is 0.824. The average molecular weight is 343 g/mol. The highest BCUT2D eigenvalue weighted by molar-refractivity contribution is 7.85. The van der Waals surface area contributed by atoms with Crippen LogP contribution >= 0.6 is 0 Å². The van der Waals surface area contributed by atoms with E-state index in [0.29, 0.717) is 13.0 Å². The lowest BCUT2D eigenvalue weighted by Gasteiger charge is -2.17. The summed E-state index contributed by atoms with van der Waals surface area (Å²) in [4.78, 5) is 11.9. The van der Waals surface area contributed by atoms with Gasteiger partial charge in [0.2, 0.25) is 5.91 Å². The highest BCUT2D eigenvalue weighted by Gasteiger charge is 2.24. The number of hydrogen-bond acceptors (Lipinski definition) is 2. The maximum Gasteiger partial charge on any atom is 0.223 e. The summed E-state index contributed by atoms with van der Waals surface area (Å²) in [6.45, 7) is 2.14. The Balaban J connectivity index is 1.88. The van der Waals surface area contributed by atoms with Crippen LogP contribution in [0.4, 0.5) is 8.78 Å². The zero-order valence-corrected chi connectivity index (χ0v) is 14.1. The third kappa shape index (κ3) is 4.83. The molecule has 0 aromatic heterocycles. The summed E-state index contributed by atoms with van der Waals surface area (Å²) in [6, 6.07) is 3.35. The molecule has 1 fully saturated rings. The zero-order valence-electron chi connectivity index (χ0n) is 13.3. The second-order valence-corrected chi connectivity index (χ2v) is 7.66. The Morgan fingerprint density at radius 2 is 2.04 bits per heavy atom. The number of hydrogen-bond donors (Lipinski definition) is 1. The van der Waals surface area contributed by atoms with E-state index < -0.39 is 27.7 Å². The van der Waals surface area contributed by atoms with Gasteiger partial charge in [0, 0.05) is 40.6 Å². The average Bonchev–Trinajstić information content (AvgIpc) is 3.04. The lowest BCUT2D eigenvalue weighted by Crippen LogP contribution is -2.33. The van der Waals surface area contributed by atoms with Crippen LogP contribution in [-0.2, 0) is 15.6 Å². The van der Waals surface area contributed by atoms with E-state index in [0.717, 1.165) is 31.7 Å². The Kier molecular flexibility index (Phi) is 6.69.